The first-order valence-corrected chi connectivity index (χ1v) is 6.65. The van der Waals surface area contributed by atoms with E-state index in [9.17, 15) is 4.57 Å². The Labute approximate surface area is 101 Å². The molecule has 0 spiro atoms. The van der Waals surface area contributed by atoms with Gasteiger partial charge in [0.05, 0.1) is 6.20 Å². The predicted molar refractivity (Wildman–Crippen MR) is 59.9 cm³/mol. The molecule has 0 amide bonds. The number of aromatic amines is 1. The van der Waals surface area contributed by atoms with Gasteiger partial charge >= 0.3 is 7.60 Å². The van der Waals surface area contributed by atoms with Crippen LogP contribution in [0.4, 0.5) is 0 Å². The van der Waals surface area contributed by atoms with Gasteiger partial charge in [-0.1, -0.05) is 0 Å². The van der Waals surface area contributed by atoms with E-state index in [2.05, 4.69) is 19.9 Å². The van der Waals surface area contributed by atoms with Crippen LogP contribution in [0.1, 0.15) is 5.82 Å². The highest BCUT2D eigenvalue weighted by Gasteiger charge is 2.15. The van der Waals surface area contributed by atoms with Crippen LogP contribution in [0.2, 0.25) is 0 Å². The fourth-order valence-corrected chi connectivity index (χ4v) is 1.52. The quantitative estimate of drug-likeness (QED) is 0.650. The zero-order valence-electron chi connectivity index (χ0n) is 9.40. The maximum atomic E-state index is 10.6. The lowest BCUT2D eigenvalue weighted by atomic mass is 10.5. The summed E-state index contributed by atoms with van der Waals surface area (Å²) in [5.74, 6) is 0.457. The Morgan fingerprint density at radius 3 is 2.89 bits per heavy atom. The van der Waals surface area contributed by atoms with Crippen molar-refractivity contribution in [2.75, 3.05) is 13.5 Å². The van der Waals surface area contributed by atoms with Crippen LogP contribution >= 0.6 is 7.60 Å². The molecule has 0 unspecified atom stereocenters. The van der Waals surface area contributed by atoms with Crippen molar-refractivity contribution in [1.82, 2.24) is 19.9 Å². The van der Waals surface area contributed by atoms with Crippen molar-refractivity contribution in [2.45, 2.75) is 6.61 Å². The Morgan fingerprint density at radius 2 is 2.22 bits per heavy atom. The normalized spacial score (nSPS) is 11.9. The number of rotatable bonds is 5. The van der Waals surface area contributed by atoms with Gasteiger partial charge in [0.15, 0.2) is 17.8 Å². The second-order valence-electron chi connectivity index (χ2n) is 3.44. The average Bonchev–Trinajstić information content (AvgIpc) is 2.68. The fraction of sp³-hybridized carbons (Fsp3) is 0.375. The zero-order chi connectivity index (χ0) is 13.2. The van der Waals surface area contributed by atoms with E-state index >= 15 is 0 Å². The van der Waals surface area contributed by atoms with Crippen LogP contribution in [-0.4, -0.2) is 43.2 Å². The van der Waals surface area contributed by atoms with Crippen molar-refractivity contribution in [2.24, 2.45) is 0 Å². The number of methoxy groups -OCH3 is 1. The lowest BCUT2D eigenvalue weighted by Crippen LogP contribution is -1.99. The van der Waals surface area contributed by atoms with E-state index in [-0.39, 0.29) is 12.6 Å². The smallest absolute Gasteiger partial charge is 0.362 e. The van der Waals surface area contributed by atoms with Gasteiger partial charge in [-0.3, -0.25) is 4.57 Å². The molecular weight excluding hydrogens is 263 g/mol. The molecule has 2 rings (SSSR count). The molecule has 0 aliphatic heterocycles. The molecule has 0 radical (unpaired) electrons. The molecule has 0 aliphatic rings. The van der Waals surface area contributed by atoms with E-state index < -0.39 is 13.9 Å². The Bertz CT molecular complexity index is 594. The third-order valence-electron chi connectivity index (χ3n) is 1.91. The van der Waals surface area contributed by atoms with Gasteiger partial charge in [-0.2, -0.15) is 4.98 Å². The summed E-state index contributed by atoms with van der Waals surface area (Å²) in [7, 11) is -2.71. The first-order chi connectivity index (χ1) is 8.48. The molecular formula is C8H11N4O5P. The summed E-state index contributed by atoms with van der Waals surface area (Å²) in [5.41, 5.74) is 0.855. The number of ether oxygens (including phenoxy) is 2. The van der Waals surface area contributed by atoms with Gasteiger partial charge in [-0.25, -0.2) is 9.97 Å². The molecule has 0 aromatic carbocycles. The second kappa shape index (κ2) is 4.99. The van der Waals surface area contributed by atoms with Crippen LogP contribution in [0.3, 0.4) is 0 Å². The number of hydrogen-bond donors (Lipinski definition) is 3. The molecule has 0 aliphatic carbocycles. The molecule has 0 bridgehead atoms. The molecule has 2 aromatic heterocycles. The molecule has 98 valence electrons. The highest BCUT2D eigenvalue weighted by molar-refractivity contribution is 7.51. The number of aromatic nitrogens is 4. The number of H-pyrrole nitrogens is 1. The van der Waals surface area contributed by atoms with E-state index in [1.54, 1.807) is 0 Å². The van der Waals surface area contributed by atoms with Crippen molar-refractivity contribution in [1.29, 1.82) is 0 Å². The van der Waals surface area contributed by atoms with Gasteiger partial charge in [0, 0.05) is 7.11 Å². The molecule has 2 aromatic rings. The van der Waals surface area contributed by atoms with Crippen molar-refractivity contribution < 1.29 is 23.8 Å². The zero-order valence-corrected chi connectivity index (χ0v) is 10.3. The summed E-state index contributed by atoms with van der Waals surface area (Å²) in [6, 6.07) is -0.0165. The number of nitrogens with zero attached hydrogens (tertiary/aromatic N) is 3. The predicted octanol–water partition coefficient (Wildman–Crippen LogP) is 0.0133. The lowest BCUT2D eigenvalue weighted by molar-refractivity contribution is 0.178. The van der Waals surface area contributed by atoms with E-state index in [4.69, 9.17) is 19.3 Å². The van der Waals surface area contributed by atoms with Crippen molar-refractivity contribution in [3.63, 3.8) is 0 Å². The highest BCUT2D eigenvalue weighted by Crippen LogP contribution is 2.34. The van der Waals surface area contributed by atoms with Crippen molar-refractivity contribution in [3.05, 3.63) is 12.0 Å². The van der Waals surface area contributed by atoms with Crippen LogP contribution in [-0.2, 0) is 15.9 Å². The molecule has 9 nitrogen and oxygen atoms in total. The monoisotopic (exact) mass is 274 g/mol. The topological polar surface area (TPSA) is 130 Å². The van der Waals surface area contributed by atoms with Crippen LogP contribution in [0.5, 0.6) is 6.01 Å². The second-order valence-corrected chi connectivity index (χ2v) is 5.02. The van der Waals surface area contributed by atoms with Gasteiger partial charge < -0.3 is 24.2 Å². The highest BCUT2D eigenvalue weighted by atomic mass is 31.2. The van der Waals surface area contributed by atoms with Crippen LogP contribution < -0.4 is 4.74 Å². The minimum atomic E-state index is -4.23. The molecule has 0 atom stereocenters. The van der Waals surface area contributed by atoms with Crippen LogP contribution in [0.25, 0.3) is 11.2 Å². The molecule has 2 heterocycles. The van der Waals surface area contributed by atoms with Crippen molar-refractivity contribution >= 4 is 18.8 Å². The van der Waals surface area contributed by atoms with Gasteiger partial charge in [-0.05, 0) is 0 Å². The Morgan fingerprint density at radius 1 is 1.44 bits per heavy atom. The first kappa shape index (κ1) is 12.9. The van der Waals surface area contributed by atoms with E-state index in [1.807, 2.05) is 0 Å². The van der Waals surface area contributed by atoms with E-state index in [1.165, 1.54) is 13.3 Å². The largest absolute Gasteiger partial charge is 0.452 e. The van der Waals surface area contributed by atoms with Crippen LogP contribution in [0.15, 0.2) is 6.20 Å². The fourth-order valence-electron chi connectivity index (χ4n) is 1.23. The number of nitrogens with one attached hydrogen (secondary N) is 1. The minimum Gasteiger partial charge on any atom is -0.452 e. The molecule has 18 heavy (non-hydrogen) atoms. The Hall–Kier alpha value is -1.54. The molecule has 0 saturated heterocycles. The molecule has 3 N–H and O–H groups in total. The third kappa shape index (κ3) is 3.23. The number of fused-ring (bicyclic) bond motifs is 1. The van der Waals surface area contributed by atoms with E-state index in [0.717, 1.165) is 0 Å². The van der Waals surface area contributed by atoms with Crippen molar-refractivity contribution in [3.8, 4) is 6.01 Å². The van der Waals surface area contributed by atoms with Crippen LogP contribution in [0, 0.1) is 0 Å². The van der Waals surface area contributed by atoms with Gasteiger partial charge in [0.2, 0.25) is 0 Å². The van der Waals surface area contributed by atoms with Gasteiger partial charge in [-0.15, -0.1) is 0 Å². The summed E-state index contributed by atoms with van der Waals surface area (Å²) in [6.07, 6.45) is 0.749. The third-order valence-corrected chi connectivity index (χ3v) is 2.38. The summed E-state index contributed by atoms with van der Waals surface area (Å²) in [4.78, 5) is 32.0. The Balaban J connectivity index is 2.19. The summed E-state index contributed by atoms with van der Waals surface area (Å²) < 4.78 is 20.3. The van der Waals surface area contributed by atoms with Gasteiger partial charge in [0.25, 0.3) is 6.01 Å². The molecule has 10 heteroatoms. The standard InChI is InChI=1S/C8H11N4O5P/c1-16-3-6-9-2-5-7(11-6)12-8(10-5)17-4-18(13,14)15/h2H,3-4H2,1H3,(H2,13,14,15)(H,9,10,11,12). The summed E-state index contributed by atoms with van der Waals surface area (Å²) in [5, 5.41) is 0. The SMILES string of the molecule is COCc1ncc2[nH]c(OCP(=O)(O)O)nc2n1. The van der Waals surface area contributed by atoms with Gasteiger partial charge in [0.1, 0.15) is 12.1 Å². The lowest BCUT2D eigenvalue weighted by Gasteiger charge is -2.02. The maximum Gasteiger partial charge on any atom is 0.362 e. The maximum absolute atomic E-state index is 10.6. The molecule has 0 fully saturated rings. The number of hydrogen-bond acceptors (Lipinski definition) is 6. The number of imidazole rings is 1. The minimum absolute atomic E-state index is 0.0165. The summed E-state index contributed by atoms with van der Waals surface area (Å²) in [6.45, 7) is 0.251. The van der Waals surface area contributed by atoms with E-state index in [0.29, 0.717) is 17.0 Å². The average molecular weight is 274 g/mol. The first-order valence-electron chi connectivity index (χ1n) is 4.86. The molecule has 0 saturated carbocycles. The Kier molecular flexibility index (Phi) is 3.58. The summed E-state index contributed by atoms with van der Waals surface area (Å²) >= 11 is 0.